The fourth-order valence-electron chi connectivity index (χ4n) is 5.08. The first kappa shape index (κ1) is 16.6. The Balaban J connectivity index is 1.46. The predicted molar refractivity (Wildman–Crippen MR) is 94.1 cm³/mol. The van der Waals surface area contributed by atoms with E-state index >= 15 is 0 Å². The average Bonchev–Trinajstić information content (AvgIpc) is 3.27. The van der Waals surface area contributed by atoms with Gasteiger partial charge in [0.1, 0.15) is 0 Å². The lowest BCUT2D eigenvalue weighted by Crippen LogP contribution is -2.38. The minimum Gasteiger partial charge on any atom is -0.356 e. The maximum atomic E-state index is 13.1. The van der Waals surface area contributed by atoms with E-state index in [1.165, 1.54) is 19.3 Å². The third-order valence-corrected chi connectivity index (χ3v) is 6.61. The van der Waals surface area contributed by atoms with Gasteiger partial charge in [0.25, 0.3) is 5.91 Å². The highest BCUT2D eigenvalue weighted by Gasteiger charge is 2.41. The van der Waals surface area contributed by atoms with Crippen molar-refractivity contribution in [1.82, 2.24) is 20.4 Å². The number of aromatic nitrogens is 2. The minimum atomic E-state index is 0.0808. The lowest BCUT2D eigenvalue weighted by atomic mass is 9.85. The Morgan fingerprint density at radius 3 is 2.76 bits per heavy atom. The van der Waals surface area contributed by atoms with Crippen LogP contribution in [0.15, 0.2) is 6.20 Å². The van der Waals surface area contributed by atoms with Crippen LogP contribution < -0.4 is 5.32 Å². The van der Waals surface area contributed by atoms with E-state index in [9.17, 15) is 9.59 Å². The zero-order chi connectivity index (χ0) is 17.4. The van der Waals surface area contributed by atoms with E-state index in [0.29, 0.717) is 24.2 Å². The van der Waals surface area contributed by atoms with Crippen molar-refractivity contribution in [3.63, 3.8) is 0 Å². The van der Waals surface area contributed by atoms with Crippen LogP contribution in [0.1, 0.15) is 73.3 Å². The number of carbonyl (C=O) groups is 2. The van der Waals surface area contributed by atoms with E-state index < -0.39 is 0 Å². The molecular weight excluding hydrogens is 316 g/mol. The van der Waals surface area contributed by atoms with Gasteiger partial charge in [0.15, 0.2) is 0 Å². The van der Waals surface area contributed by atoms with Gasteiger partial charge >= 0.3 is 0 Å². The number of hydrogen-bond acceptors (Lipinski definition) is 3. The Morgan fingerprint density at radius 2 is 1.96 bits per heavy atom. The van der Waals surface area contributed by atoms with Gasteiger partial charge in [-0.15, -0.1) is 0 Å². The molecule has 1 aromatic heterocycles. The van der Waals surface area contributed by atoms with Gasteiger partial charge in [0.05, 0.1) is 17.5 Å². The summed E-state index contributed by atoms with van der Waals surface area (Å²) in [5, 5.41) is 10.3. The second kappa shape index (κ2) is 6.81. The van der Waals surface area contributed by atoms with E-state index in [1.807, 2.05) is 11.9 Å². The van der Waals surface area contributed by atoms with Crippen LogP contribution in [-0.4, -0.2) is 46.5 Å². The standard InChI is InChI=1S/C19H28N4O2/c1-23(15-7-13-9-17(24)20-10-14(13)8-15)19(25)16-11-21-22-18(16)12-5-3-2-4-6-12/h11-15H,2-10H2,1H3,(H,20,24)(H,21,22)/t13-,14+,15-/m1/s1. The first-order valence-electron chi connectivity index (χ1n) is 9.70. The Hall–Kier alpha value is -1.85. The number of nitrogens with zero attached hydrogens (tertiary/aromatic N) is 2. The third kappa shape index (κ3) is 3.18. The number of aromatic amines is 1. The lowest BCUT2D eigenvalue weighted by Gasteiger charge is -2.26. The van der Waals surface area contributed by atoms with Gasteiger partial charge in [0.2, 0.25) is 5.91 Å². The van der Waals surface area contributed by atoms with Crippen LogP contribution in [0.25, 0.3) is 0 Å². The summed E-state index contributed by atoms with van der Waals surface area (Å²) in [5.41, 5.74) is 1.78. The zero-order valence-electron chi connectivity index (χ0n) is 15.0. The fourth-order valence-corrected chi connectivity index (χ4v) is 5.08. The molecule has 4 rings (SSSR count). The van der Waals surface area contributed by atoms with Crippen molar-refractivity contribution >= 4 is 11.8 Å². The van der Waals surface area contributed by atoms with Crippen LogP contribution in [0.5, 0.6) is 0 Å². The van der Waals surface area contributed by atoms with Crippen LogP contribution in [-0.2, 0) is 4.79 Å². The molecule has 1 saturated heterocycles. The van der Waals surface area contributed by atoms with E-state index in [4.69, 9.17) is 0 Å². The van der Waals surface area contributed by atoms with Crippen LogP contribution in [0.4, 0.5) is 0 Å². The van der Waals surface area contributed by atoms with Gasteiger partial charge in [-0.1, -0.05) is 19.3 Å². The van der Waals surface area contributed by atoms with Crippen LogP contribution in [0, 0.1) is 11.8 Å². The molecule has 6 nitrogen and oxygen atoms in total. The fraction of sp³-hybridized carbons (Fsp3) is 0.737. The molecular formula is C19H28N4O2. The molecule has 0 unspecified atom stereocenters. The molecule has 1 aliphatic heterocycles. The number of hydrogen-bond donors (Lipinski definition) is 2. The normalized spacial score (nSPS) is 30.0. The quantitative estimate of drug-likeness (QED) is 0.884. The Kier molecular flexibility index (Phi) is 4.52. The largest absolute Gasteiger partial charge is 0.356 e. The van der Waals surface area contributed by atoms with Gasteiger partial charge in [0, 0.05) is 32.0 Å². The van der Waals surface area contributed by atoms with Crippen LogP contribution in [0.3, 0.4) is 0 Å². The molecule has 136 valence electrons. The molecule has 6 heteroatoms. The summed E-state index contributed by atoms with van der Waals surface area (Å²) in [6.45, 7) is 0.765. The molecule has 0 spiro atoms. The van der Waals surface area contributed by atoms with E-state index in [1.54, 1.807) is 6.20 Å². The Morgan fingerprint density at radius 1 is 1.20 bits per heavy atom. The van der Waals surface area contributed by atoms with Gasteiger partial charge in [-0.05, 0) is 37.5 Å². The molecule has 2 saturated carbocycles. The maximum Gasteiger partial charge on any atom is 0.257 e. The minimum absolute atomic E-state index is 0.0808. The molecule has 0 radical (unpaired) electrons. The highest BCUT2D eigenvalue weighted by molar-refractivity contribution is 5.95. The van der Waals surface area contributed by atoms with Crippen molar-refractivity contribution < 1.29 is 9.59 Å². The molecule has 3 fully saturated rings. The lowest BCUT2D eigenvalue weighted by molar-refractivity contribution is -0.124. The topological polar surface area (TPSA) is 78.1 Å². The summed E-state index contributed by atoms with van der Waals surface area (Å²) in [6.07, 6.45) is 10.3. The summed E-state index contributed by atoms with van der Waals surface area (Å²) in [5.74, 6) is 1.62. The monoisotopic (exact) mass is 344 g/mol. The smallest absolute Gasteiger partial charge is 0.257 e. The molecule has 0 bridgehead atoms. The molecule has 0 aromatic carbocycles. The van der Waals surface area contributed by atoms with Crippen molar-refractivity contribution in [2.75, 3.05) is 13.6 Å². The van der Waals surface area contributed by atoms with Crippen LogP contribution >= 0.6 is 0 Å². The summed E-state index contributed by atoms with van der Waals surface area (Å²) in [4.78, 5) is 26.6. The summed E-state index contributed by atoms with van der Waals surface area (Å²) < 4.78 is 0. The van der Waals surface area contributed by atoms with E-state index in [0.717, 1.165) is 43.5 Å². The third-order valence-electron chi connectivity index (χ3n) is 6.61. The van der Waals surface area contributed by atoms with E-state index in [2.05, 4.69) is 15.5 Å². The van der Waals surface area contributed by atoms with Crippen molar-refractivity contribution in [1.29, 1.82) is 0 Å². The molecule has 3 aliphatic rings. The number of H-pyrrole nitrogens is 1. The molecule has 3 atom stereocenters. The second-order valence-corrected chi connectivity index (χ2v) is 8.10. The second-order valence-electron chi connectivity index (χ2n) is 8.10. The van der Waals surface area contributed by atoms with Crippen molar-refractivity contribution in [2.24, 2.45) is 11.8 Å². The Bertz CT molecular complexity index is 650. The summed E-state index contributed by atoms with van der Waals surface area (Å²) in [7, 11) is 1.91. The molecule has 1 aromatic rings. The van der Waals surface area contributed by atoms with Gasteiger partial charge in [-0.3, -0.25) is 14.7 Å². The van der Waals surface area contributed by atoms with Gasteiger partial charge < -0.3 is 10.2 Å². The average molecular weight is 344 g/mol. The van der Waals surface area contributed by atoms with Gasteiger partial charge in [-0.25, -0.2) is 0 Å². The number of piperidine rings is 1. The van der Waals surface area contributed by atoms with Crippen molar-refractivity contribution in [2.45, 2.75) is 63.3 Å². The molecule has 25 heavy (non-hydrogen) atoms. The first-order chi connectivity index (χ1) is 12.1. The molecule has 2 amide bonds. The Labute approximate surface area is 148 Å². The van der Waals surface area contributed by atoms with E-state index in [-0.39, 0.29) is 17.9 Å². The number of carbonyl (C=O) groups excluding carboxylic acids is 2. The predicted octanol–water partition coefficient (Wildman–Crippen LogP) is 2.44. The summed E-state index contributed by atoms with van der Waals surface area (Å²) >= 11 is 0. The number of nitrogens with one attached hydrogen (secondary N) is 2. The molecule has 2 aliphatic carbocycles. The highest BCUT2D eigenvalue weighted by atomic mass is 16.2. The summed E-state index contributed by atoms with van der Waals surface area (Å²) in [6, 6.07) is 0.226. The van der Waals surface area contributed by atoms with Crippen molar-refractivity contribution in [3.8, 4) is 0 Å². The van der Waals surface area contributed by atoms with Crippen molar-refractivity contribution in [3.05, 3.63) is 17.5 Å². The maximum absolute atomic E-state index is 13.1. The number of rotatable bonds is 3. The first-order valence-corrected chi connectivity index (χ1v) is 9.70. The molecule has 2 heterocycles. The zero-order valence-corrected chi connectivity index (χ0v) is 15.0. The van der Waals surface area contributed by atoms with Gasteiger partial charge in [-0.2, -0.15) is 5.10 Å². The molecule has 2 N–H and O–H groups in total. The SMILES string of the molecule is CN(C(=O)c1cn[nH]c1C1CCCCC1)[C@H]1C[C@H]2CNC(=O)C[C@H]2C1. The highest BCUT2D eigenvalue weighted by Crippen LogP contribution is 2.39. The number of amides is 2. The number of fused-ring (bicyclic) bond motifs is 1. The van der Waals surface area contributed by atoms with Crippen LogP contribution in [0.2, 0.25) is 0 Å².